The number of carbonyl (C=O) groups excluding carboxylic acids is 1. The summed E-state index contributed by atoms with van der Waals surface area (Å²) in [5.74, 6) is -0.198. The Morgan fingerprint density at radius 3 is 2.74 bits per heavy atom. The number of nitrogens with zero attached hydrogens (tertiary/aromatic N) is 3. The Labute approximate surface area is 188 Å². The minimum absolute atomic E-state index is 0.0234. The minimum atomic E-state index is -3.64. The van der Waals surface area contributed by atoms with Crippen LogP contribution in [0.25, 0.3) is 17.4 Å². The fourth-order valence-corrected chi connectivity index (χ4v) is 5.17. The molecule has 0 aliphatic rings. The standard InChI is InChI=1S/C20H17ClN4O4S2/c1-12(2)11-31(27,28)20-24-19(30-25-20)23-18(26)13(10-22)9-14-7-8-17(29-14)15-5-3-4-6-16(15)21/h3-9,12H,11H2,1-2H3,(H,23,24,25,26)/b13-9-. The van der Waals surface area contributed by atoms with Crippen molar-refractivity contribution < 1.29 is 17.6 Å². The fraction of sp³-hybridized carbons (Fsp3) is 0.200. The lowest BCUT2D eigenvalue weighted by Gasteiger charge is -2.02. The van der Waals surface area contributed by atoms with Crippen LogP contribution in [0.15, 0.2) is 51.5 Å². The zero-order chi connectivity index (χ0) is 22.6. The van der Waals surface area contributed by atoms with Gasteiger partial charge in [-0.05, 0) is 30.2 Å². The molecule has 31 heavy (non-hydrogen) atoms. The molecule has 8 nitrogen and oxygen atoms in total. The average Bonchev–Trinajstić information content (AvgIpc) is 3.35. The zero-order valence-corrected chi connectivity index (χ0v) is 18.9. The number of nitrogens with one attached hydrogen (secondary N) is 1. The first-order chi connectivity index (χ1) is 14.7. The van der Waals surface area contributed by atoms with Gasteiger partial charge < -0.3 is 4.42 Å². The van der Waals surface area contributed by atoms with E-state index in [2.05, 4.69) is 14.7 Å². The number of hydrogen-bond donors (Lipinski definition) is 1. The lowest BCUT2D eigenvalue weighted by molar-refractivity contribution is -0.112. The van der Waals surface area contributed by atoms with Crippen LogP contribution in [-0.4, -0.2) is 29.4 Å². The summed E-state index contributed by atoms with van der Waals surface area (Å²) in [6, 6.07) is 12.2. The second-order valence-electron chi connectivity index (χ2n) is 6.86. The minimum Gasteiger partial charge on any atom is -0.457 e. The van der Waals surface area contributed by atoms with Gasteiger partial charge in [0.25, 0.3) is 11.1 Å². The van der Waals surface area contributed by atoms with Crippen LogP contribution in [0.1, 0.15) is 19.6 Å². The van der Waals surface area contributed by atoms with E-state index in [1.165, 1.54) is 6.08 Å². The van der Waals surface area contributed by atoms with E-state index in [-0.39, 0.29) is 33.3 Å². The Kier molecular flexibility index (Phi) is 6.90. The number of anilines is 1. The zero-order valence-electron chi connectivity index (χ0n) is 16.5. The number of halogens is 1. The third kappa shape index (κ3) is 5.58. The molecule has 0 spiro atoms. The first-order valence-electron chi connectivity index (χ1n) is 9.04. The Morgan fingerprint density at radius 1 is 1.32 bits per heavy atom. The largest absolute Gasteiger partial charge is 0.457 e. The lowest BCUT2D eigenvalue weighted by Crippen LogP contribution is -2.15. The van der Waals surface area contributed by atoms with Gasteiger partial charge in [0.2, 0.25) is 15.0 Å². The van der Waals surface area contributed by atoms with Gasteiger partial charge in [-0.1, -0.05) is 37.6 Å². The Hall–Kier alpha value is -3.00. The summed E-state index contributed by atoms with van der Waals surface area (Å²) in [7, 11) is -3.64. The van der Waals surface area contributed by atoms with Crippen molar-refractivity contribution in [3.8, 4) is 17.4 Å². The third-order valence-corrected chi connectivity index (χ3v) is 6.80. The SMILES string of the molecule is CC(C)CS(=O)(=O)c1nsc(NC(=O)/C(C#N)=C\c2ccc(-c3ccccc3Cl)o2)n1. The van der Waals surface area contributed by atoms with Gasteiger partial charge >= 0.3 is 0 Å². The Bertz CT molecular complexity index is 1290. The molecule has 160 valence electrons. The Balaban J connectivity index is 1.77. The molecule has 3 aromatic rings. The van der Waals surface area contributed by atoms with Gasteiger partial charge in [0.15, 0.2) is 0 Å². The topological polar surface area (TPSA) is 126 Å². The smallest absolute Gasteiger partial charge is 0.268 e. The molecular formula is C20H17ClN4O4S2. The molecule has 0 aliphatic carbocycles. The van der Waals surface area contributed by atoms with Crippen LogP contribution >= 0.6 is 23.1 Å². The monoisotopic (exact) mass is 476 g/mol. The third-order valence-electron chi connectivity index (χ3n) is 3.88. The van der Waals surface area contributed by atoms with Crippen LogP contribution < -0.4 is 5.32 Å². The maximum Gasteiger partial charge on any atom is 0.268 e. The van der Waals surface area contributed by atoms with Gasteiger partial charge in [0.05, 0.1) is 10.8 Å². The molecular weight excluding hydrogens is 460 g/mol. The quantitative estimate of drug-likeness (QED) is 0.394. The number of carbonyl (C=O) groups is 1. The molecule has 0 aliphatic heterocycles. The van der Waals surface area contributed by atoms with E-state index in [1.807, 2.05) is 6.07 Å². The summed E-state index contributed by atoms with van der Waals surface area (Å²) in [6.45, 7) is 3.53. The summed E-state index contributed by atoms with van der Waals surface area (Å²) in [4.78, 5) is 16.3. The van der Waals surface area contributed by atoms with Crippen molar-refractivity contribution >= 4 is 50.1 Å². The van der Waals surface area contributed by atoms with Crippen molar-refractivity contribution in [2.24, 2.45) is 5.92 Å². The first kappa shape index (κ1) is 22.7. The number of aromatic nitrogens is 2. The summed E-state index contributed by atoms with van der Waals surface area (Å²) in [5.41, 5.74) is 0.428. The average molecular weight is 477 g/mol. The fourth-order valence-electron chi connectivity index (χ4n) is 2.59. The molecule has 1 amide bonds. The summed E-state index contributed by atoms with van der Waals surface area (Å²) in [5, 5.41) is 11.9. The van der Waals surface area contributed by atoms with Gasteiger partial charge in [-0.3, -0.25) is 10.1 Å². The van der Waals surface area contributed by atoms with Crippen molar-refractivity contribution in [3.05, 3.63) is 52.8 Å². The van der Waals surface area contributed by atoms with Crippen molar-refractivity contribution in [2.75, 3.05) is 11.1 Å². The van der Waals surface area contributed by atoms with Crippen LogP contribution in [0, 0.1) is 17.2 Å². The van der Waals surface area contributed by atoms with Gasteiger partial charge in [0, 0.05) is 23.2 Å². The van der Waals surface area contributed by atoms with Gasteiger partial charge in [-0.2, -0.15) is 14.6 Å². The molecule has 1 N–H and O–H groups in total. The summed E-state index contributed by atoms with van der Waals surface area (Å²) < 4.78 is 33.9. The summed E-state index contributed by atoms with van der Waals surface area (Å²) in [6.07, 6.45) is 1.27. The number of amides is 1. The predicted octanol–water partition coefficient (Wildman–Crippen LogP) is 4.43. The van der Waals surface area contributed by atoms with E-state index in [1.54, 1.807) is 50.2 Å². The molecule has 0 atom stereocenters. The van der Waals surface area contributed by atoms with Crippen LogP contribution in [0.2, 0.25) is 5.02 Å². The molecule has 0 bridgehead atoms. The highest BCUT2D eigenvalue weighted by Gasteiger charge is 2.23. The van der Waals surface area contributed by atoms with E-state index in [9.17, 15) is 18.5 Å². The van der Waals surface area contributed by atoms with Crippen molar-refractivity contribution in [1.82, 2.24) is 9.36 Å². The molecule has 0 fully saturated rings. The van der Waals surface area contributed by atoms with E-state index in [0.29, 0.717) is 16.3 Å². The maximum absolute atomic E-state index is 12.4. The van der Waals surface area contributed by atoms with Gasteiger partial charge in [0.1, 0.15) is 23.2 Å². The van der Waals surface area contributed by atoms with Crippen molar-refractivity contribution in [1.29, 1.82) is 5.26 Å². The van der Waals surface area contributed by atoms with Gasteiger partial charge in [-0.25, -0.2) is 8.42 Å². The molecule has 0 radical (unpaired) electrons. The number of sulfone groups is 1. The van der Waals surface area contributed by atoms with E-state index >= 15 is 0 Å². The molecule has 1 aromatic carbocycles. The van der Waals surface area contributed by atoms with E-state index < -0.39 is 15.7 Å². The molecule has 0 saturated heterocycles. The number of furan rings is 1. The first-order valence-corrected chi connectivity index (χ1v) is 11.8. The molecule has 0 saturated carbocycles. The number of nitriles is 1. The molecule has 2 aromatic heterocycles. The summed E-state index contributed by atoms with van der Waals surface area (Å²) >= 11 is 6.88. The predicted molar refractivity (Wildman–Crippen MR) is 118 cm³/mol. The molecule has 0 unspecified atom stereocenters. The van der Waals surface area contributed by atoms with E-state index in [4.69, 9.17) is 16.0 Å². The highest BCUT2D eigenvalue weighted by atomic mass is 35.5. The Morgan fingerprint density at radius 2 is 2.06 bits per heavy atom. The molecule has 11 heteroatoms. The number of benzene rings is 1. The number of rotatable bonds is 7. The maximum atomic E-state index is 12.4. The van der Waals surface area contributed by atoms with Crippen LogP contribution in [0.5, 0.6) is 0 Å². The molecule has 2 heterocycles. The van der Waals surface area contributed by atoms with E-state index in [0.717, 1.165) is 11.5 Å². The van der Waals surface area contributed by atoms with Crippen molar-refractivity contribution in [3.63, 3.8) is 0 Å². The second-order valence-corrected chi connectivity index (χ2v) is 9.95. The normalized spacial score (nSPS) is 12.0. The highest BCUT2D eigenvalue weighted by Crippen LogP contribution is 2.29. The lowest BCUT2D eigenvalue weighted by atomic mass is 10.2. The van der Waals surface area contributed by atoms with Crippen molar-refractivity contribution in [2.45, 2.75) is 19.0 Å². The van der Waals surface area contributed by atoms with Gasteiger partial charge in [-0.15, -0.1) is 0 Å². The van der Waals surface area contributed by atoms with Crippen LogP contribution in [0.4, 0.5) is 5.13 Å². The second kappa shape index (κ2) is 9.43. The number of hydrogen-bond acceptors (Lipinski definition) is 8. The highest BCUT2D eigenvalue weighted by molar-refractivity contribution is 7.91. The van der Waals surface area contributed by atoms with Crippen LogP contribution in [-0.2, 0) is 14.6 Å². The van der Waals surface area contributed by atoms with Crippen LogP contribution in [0.3, 0.4) is 0 Å². The molecule has 3 rings (SSSR count).